The van der Waals surface area contributed by atoms with E-state index in [0.717, 1.165) is 0 Å². The minimum Gasteiger partial charge on any atom is -0.212 e. The molecule has 0 saturated heterocycles. The highest BCUT2D eigenvalue weighted by molar-refractivity contribution is 14.3. The zero-order chi connectivity index (χ0) is 24.5. The first kappa shape index (κ1) is 42.8. The van der Waals surface area contributed by atoms with Gasteiger partial charge in [-0.15, -0.1) is 0 Å². The van der Waals surface area contributed by atoms with Gasteiger partial charge >= 0.3 is 0 Å². The zero-order valence-corrected chi connectivity index (χ0v) is 53.1. The van der Waals surface area contributed by atoms with Crippen molar-refractivity contribution in [3.63, 3.8) is 0 Å². The average molecular weight is 2540 g/mol. The van der Waals surface area contributed by atoms with Crippen molar-refractivity contribution in [1.82, 2.24) is 0 Å². The molecular weight excluding hydrogens is 2540 g/mol. The predicted octanol–water partition coefficient (Wildman–Crippen LogP) is 14.9. The summed E-state index contributed by atoms with van der Waals surface area (Å²) in [6.07, 6.45) is 0. The Morgan fingerprint density at radius 2 is 0.483 bits per heavy atom. The first-order valence-corrected chi connectivity index (χ1v) is 26.3. The Kier molecular flexibility index (Phi) is 22.4. The van der Waals surface area contributed by atoms with Gasteiger partial charge in [0.05, 0.1) is 0 Å². The molecule has 20 heteroatoms. The molecule has 0 N–H and O–H groups in total. The molecule has 0 aromatic carbocycles. The second-order valence-corrected chi connectivity index (χ2v) is 60.5. The molecule has 0 aliphatic carbocycles. The van der Waals surface area contributed by atoms with Crippen molar-refractivity contribution in [2.75, 3.05) is 0 Å². The normalized spacial score (nSPS) is 18.6. The molecule has 0 rings (SSSR count). The molecule has 1 atom stereocenters. The van der Waals surface area contributed by atoms with E-state index in [-0.39, 0.29) is 6.58 Å². The number of rotatable bonds is 8. The number of hydrogen-bond acceptors (Lipinski definition) is 0. The first-order valence-electron chi connectivity index (χ1n) is 5.79. The van der Waals surface area contributed by atoms with Crippen LogP contribution in [0.3, 0.4) is 0 Å². The molecule has 1 radical (unpaired) electrons. The summed E-state index contributed by atoms with van der Waals surface area (Å²) in [5.41, 5.74) is 0. The largest absolute Gasteiger partial charge is 0.212 e. The highest BCUT2D eigenvalue weighted by Gasteiger charge is 2.78. The Balaban J connectivity index is 6.82. The number of alkyl halides is 19. The second kappa shape index (κ2) is 15.2. The van der Waals surface area contributed by atoms with Gasteiger partial charge in [-0.2, -0.15) is 0 Å². The average Bonchev–Trinajstić information content (AvgIpc) is 2.43. The summed E-state index contributed by atoms with van der Waals surface area (Å²) in [4.78, 5) is 0. The topological polar surface area (TPSA) is 19.9 Å². The molecule has 1 unspecified atom stereocenters. The van der Waals surface area contributed by atoms with Crippen LogP contribution in [-0.4, -0.2) is 11.0 Å². The third-order valence-electron chi connectivity index (χ3n) is 3.10. The van der Waals surface area contributed by atoms with E-state index in [1.165, 1.54) is 0 Å². The molecule has 0 aliphatic rings. The summed E-state index contributed by atoms with van der Waals surface area (Å²) in [5.74, 6) is 0. The van der Waals surface area contributed by atoms with E-state index >= 15 is 0 Å². The number of hydrogen-bond donors (Lipinski definition) is 0. The van der Waals surface area contributed by atoms with Gasteiger partial charge in [-0.05, 0) is 22.6 Å². The minimum absolute atomic E-state index is 0.00696. The Bertz CT molecular complexity index is 554. The van der Waals surface area contributed by atoms with Gasteiger partial charge < -0.3 is 0 Å². The van der Waals surface area contributed by atoms with Crippen LogP contribution in [0.25, 0.3) is 0 Å². The standard InChI is InChI=1S/C9I19O/c10-1(11,2(12,13)4(16,17)6(20,21)8(23,24)25)3(14,15)5(18,19)7(22,29)9(26,27)28. The van der Waals surface area contributed by atoms with Crippen molar-refractivity contribution in [1.29, 1.82) is 0 Å². The molecule has 0 bridgehead atoms. The maximum absolute atomic E-state index is 14.1. The number of halogens is 19. The van der Waals surface area contributed by atoms with Gasteiger partial charge in [0.2, 0.25) is 3.61 Å². The van der Waals surface area contributed by atoms with E-state index in [1.54, 1.807) is 0 Å². The Morgan fingerprint density at radius 3 is 0.690 bits per heavy atom. The van der Waals surface area contributed by atoms with Crippen LogP contribution in [0.1, 0.15) is 0 Å². The zero-order valence-electron chi connectivity index (χ0n) is 12.1. The lowest BCUT2D eigenvalue weighted by Gasteiger charge is -2.58. The highest BCUT2D eigenvalue weighted by Crippen LogP contribution is 2.79. The van der Waals surface area contributed by atoms with Crippen molar-refractivity contribution < 1.29 is 5.11 Å². The summed E-state index contributed by atoms with van der Waals surface area (Å²) in [6.45, 7) is 0. The molecule has 29 heavy (non-hydrogen) atoms. The van der Waals surface area contributed by atoms with Crippen molar-refractivity contribution in [2.45, 2.75) is 11.0 Å². The lowest BCUT2D eigenvalue weighted by Crippen LogP contribution is -2.69. The Hall–Kier alpha value is 13.8. The van der Waals surface area contributed by atoms with Gasteiger partial charge in [0.15, 0.2) is -0.565 Å². The molecule has 0 saturated carbocycles. The molecule has 0 fully saturated rings. The quantitative estimate of drug-likeness (QED) is 0.171. The van der Waals surface area contributed by atoms with Crippen LogP contribution in [0, 0.1) is 0 Å². The van der Waals surface area contributed by atoms with Crippen LogP contribution in [0.4, 0.5) is 0 Å². The monoisotopic (exact) mass is 2540 g/mol. The maximum Gasteiger partial charge on any atom is 0.212 e. The molecule has 0 amide bonds. The van der Waals surface area contributed by atoms with Gasteiger partial charge in [-0.3, -0.25) is 0 Å². The van der Waals surface area contributed by atoms with Crippen LogP contribution in [0.5, 0.6) is 0 Å². The van der Waals surface area contributed by atoms with Crippen LogP contribution >= 0.6 is 429 Å². The fourth-order valence-corrected chi connectivity index (χ4v) is 28.5. The predicted molar refractivity (Wildman–Crippen MR) is 292 cm³/mol. The lowest BCUT2D eigenvalue weighted by molar-refractivity contribution is 0.0860. The molecular formula is C9I19O. The minimum atomic E-state index is -1.21. The molecule has 0 aliphatic heterocycles. The Morgan fingerprint density at radius 1 is 0.276 bits per heavy atom. The van der Waals surface area contributed by atoms with Gasteiger partial charge in [-0.25, -0.2) is 5.11 Å². The van der Waals surface area contributed by atoms with Crippen molar-refractivity contribution >= 4 is 429 Å². The smallest absolute Gasteiger partial charge is 0.212 e. The molecule has 0 aromatic heterocycles. The summed E-state index contributed by atoms with van der Waals surface area (Å²) in [7, 11) is 0. The second-order valence-electron chi connectivity index (χ2n) is 5.04. The van der Waals surface area contributed by atoms with Crippen LogP contribution in [-0.2, 0) is 5.11 Å². The van der Waals surface area contributed by atoms with E-state index in [9.17, 15) is 5.11 Å². The van der Waals surface area contributed by atoms with Gasteiger partial charge in [0.25, 0.3) is 0 Å². The van der Waals surface area contributed by atoms with Gasteiger partial charge in [0, 0.05) is 0 Å². The molecule has 0 heterocycles. The van der Waals surface area contributed by atoms with Gasteiger partial charge in [-0.1, -0.05) is 407 Å². The van der Waals surface area contributed by atoms with Crippen LogP contribution in [0.2, 0.25) is 0 Å². The summed E-state index contributed by atoms with van der Waals surface area (Å²) >= 11 is 47.7. The summed E-state index contributed by atoms with van der Waals surface area (Å²) in [5, 5.41) is 14.1. The molecule has 175 valence electrons. The molecule has 0 aromatic rings. The van der Waals surface area contributed by atoms with E-state index in [1.807, 2.05) is 0 Å². The van der Waals surface area contributed by atoms with Crippen molar-refractivity contribution in [3.8, 4) is 0 Å². The van der Waals surface area contributed by atoms with E-state index in [2.05, 4.69) is 429 Å². The SMILES string of the molecule is [O]C(I)(C(I)(I)I)C(I)(I)C(I)(I)C(I)(I)C(I)(I)C(I)(I)C(I)(I)C(I)(I)I. The summed E-state index contributed by atoms with van der Waals surface area (Å²) < 4.78 is -3.30. The fraction of sp³-hybridized carbons (Fsp3) is 1.00. The third kappa shape index (κ3) is 9.01. The summed E-state index contributed by atoms with van der Waals surface area (Å²) in [6, 6.07) is 0. The van der Waals surface area contributed by atoms with Gasteiger partial charge in [0.1, 0.15) is 8.01 Å². The van der Waals surface area contributed by atoms with E-state index in [4.69, 9.17) is 0 Å². The van der Waals surface area contributed by atoms with E-state index < -0.39 is 4.47 Å². The third-order valence-corrected chi connectivity index (χ3v) is 60.7. The molecule has 1 nitrogen and oxygen atoms in total. The molecule has 0 spiro atoms. The first-order chi connectivity index (χ1) is 12.0. The van der Waals surface area contributed by atoms with Crippen LogP contribution in [0.15, 0.2) is 0 Å². The lowest BCUT2D eigenvalue weighted by atomic mass is 10.1. The maximum atomic E-state index is 14.1. The van der Waals surface area contributed by atoms with E-state index in [0.29, 0.717) is 0 Å². The van der Waals surface area contributed by atoms with Crippen molar-refractivity contribution in [2.24, 2.45) is 0 Å². The van der Waals surface area contributed by atoms with Crippen molar-refractivity contribution in [3.05, 3.63) is 0 Å². The fourth-order valence-electron chi connectivity index (χ4n) is 1.35. The highest BCUT2D eigenvalue weighted by atomic mass is 127. The van der Waals surface area contributed by atoms with Crippen LogP contribution < -0.4 is 0 Å². The Labute approximate surface area is 430 Å².